The molecule has 0 bridgehead atoms. The predicted octanol–water partition coefficient (Wildman–Crippen LogP) is 3.47. The third-order valence-corrected chi connectivity index (χ3v) is 3.59. The van der Waals surface area contributed by atoms with Crippen LogP contribution in [0.25, 0.3) is 17.7 Å². The molecular formula is C16H15NO3S. The average Bonchev–Trinajstić information content (AvgIpc) is 2.99. The molecule has 0 saturated heterocycles. The molecule has 0 fully saturated rings. The summed E-state index contributed by atoms with van der Waals surface area (Å²) >= 11 is 1.36. The number of aromatic nitrogens is 1. The van der Waals surface area contributed by atoms with Crippen molar-refractivity contribution in [1.82, 2.24) is 4.98 Å². The lowest BCUT2D eigenvalue weighted by molar-refractivity contribution is -0.133. The predicted molar refractivity (Wildman–Crippen MR) is 84.5 cm³/mol. The second kappa shape index (κ2) is 7.40. The second-order valence-corrected chi connectivity index (χ2v) is 4.92. The number of nitrogens with zero attached hydrogens (tertiary/aromatic N) is 1. The molecular weight excluding hydrogens is 286 g/mol. The molecule has 0 spiro atoms. The molecule has 5 heteroatoms. The average molecular weight is 301 g/mol. The van der Waals surface area contributed by atoms with Crippen LogP contribution in [0, 0.1) is 0 Å². The van der Waals surface area contributed by atoms with Crippen molar-refractivity contribution < 1.29 is 14.3 Å². The maximum absolute atomic E-state index is 11.8. The first kappa shape index (κ1) is 15.0. The molecule has 2 rings (SSSR count). The van der Waals surface area contributed by atoms with Crippen LogP contribution in [0.1, 0.15) is 16.1 Å². The third kappa shape index (κ3) is 3.79. The van der Waals surface area contributed by atoms with Gasteiger partial charge in [0.25, 0.3) is 0 Å². The summed E-state index contributed by atoms with van der Waals surface area (Å²) in [5.74, 6) is -0.449. The Morgan fingerprint density at radius 2 is 1.95 bits per heavy atom. The number of thiazole rings is 1. The van der Waals surface area contributed by atoms with Gasteiger partial charge in [-0.3, -0.25) is 0 Å². The lowest BCUT2D eigenvalue weighted by Crippen LogP contribution is -2.04. The Hall–Kier alpha value is -2.40. The lowest BCUT2D eigenvalue weighted by Gasteiger charge is -2.03. The molecule has 0 radical (unpaired) electrons. The zero-order valence-electron chi connectivity index (χ0n) is 11.8. The van der Waals surface area contributed by atoms with Crippen molar-refractivity contribution in [2.24, 2.45) is 0 Å². The first-order valence-electron chi connectivity index (χ1n) is 6.24. The first-order valence-corrected chi connectivity index (χ1v) is 7.12. The van der Waals surface area contributed by atoms with Crippen molar-refractivity contribution in [3.05, 3.63) is 58.2 Å². The molecule has 0 aliphatic rings. The molecule has 0 saturated carbocycles. The summed E-state index contributed by atoms with van der Waals surface area (Å²) in [4.78, 5) is 16.8. The monoisotopic (exact) mass is 301 g/mol. The summed E-state index contributed by atoms with van der Waals surface area (Å²) < 4.78 is 9.73. The Bertz CT molecular complexity index is 659. The van der Waals surface area contributed by atoms with Crippen molar-refractivity contribution in [1.29, 1.82) is 0 Å². The van der Waals surface area contributed by atoms with Gasteiger partial charge in [0.2, 0.25) is 0 Å². The number of ether oxygens (including phenoxy) is 2. The Morgan fingerprint density at radius 3 is 2.62 bits per heavy atom. The topological polar surface area (TPSA) is 48.4 Å². The normalized spacial score (nSPS) is 11.6. The Kier molecular flexibility index (Phi) is 5.29. The Balaban J connectivity index is 2.32. The number of hydrogen-bond acceptors (Lipinski definition) is 5. The molecule has 0 atom stereocenters. The van der Waals surface area contributed by atoms with Gasteiger partial charge < -0.3 is 9.47 Å². The van der Waals surface area contributed by atoms with Crippen LogP contribution >= 0.6 is 11.3 Å². The van der Waals surface area contributed by atoms with Gasteiger partial charge in [-0.2, -0.15) is 0 Å². The standard InChI is InChI=1S/C16H15NO3S/c1-19-10-13(16(18)20-2)15-14(17-11-21-15)9-8-12-6-4-3-5-7-12/h3-11H,1-2H3/b9-8+,13-10?. The fourth-order valence-electron chi connectivity index (χ4n) is 1.74. The molecule has 2 aromatic rings. The van der Waals surface area contributed by atoms with Gasteiger partial charge in [-0.25, -0.2) is 9.78 Å². The van der Waals surface area contributed by atoms with E-state index in [1.54, 1.807) is 5.51 Å². The molecule has 21 heavy (non-hydrogen) atoms. The number of esters is 1. The zero-order chi connectivity index (χ0) is 15.1. The van der Waals surface area contributed by atoms with Crippen LogP contribution in [-0.2, 0) is 14.3 Å². The molecule has 0 aliphatic carbocycles. The van der Waals surface area contributed by atoms with E-state index in [0.717, 1.165) is 10.4 Å². The number of rotatable bonds is 5. The van der Waals surface area contributed by atoms with Gasteiger partial charge in [-0.15, -0.1) is 11.3 Å². The highest BCUT2D eigenvalue weighted by molar-refractivity contribution is 7.11. The van der Waals surface area contributed by atoms with Crippen molar-refractivity contribution in [3.8, 4) is 0 Å². The van der Waals surface area contributed by atoms with Gasteiger partial charge in [0.15, 0.2) is 0 Å². The Labute approximate surface area is 127 Å². The summed E-state index contributed by atoms with van der Waals surface area (Å²) in [5, 5.41) is 0. The molecule has 1 aromatic carbocycles. The first-order chi connectivity index (χ1) is 10.3. The van der Waals surface area contributed by atoms with Crippen LogP contribution in [0.2, 0.25) is 0 Å². The van der Waals surface area contributed by atoms with E-state index in [4.69, 9.17) is 9.47 Å². The van der Waals surface area contributed by atoms with Gasteiger partial charge in [-0.05, 0) is 11.6 Å². The van der Waals surface area contributed by atoms with Crippen LogP contribution in [0.3, 0.4) is 0 Å². The van der Waals surface area contributed by atoms with E-state index in [0.29, 0.717) is 11.3 Å². The van der Waals surface area contributed by atoms with Crippen molar-refractivity contribution in [2.75, 3.05) is 14.2 Å². The summed E-state index contributed by atoms with van der Waals surface area (Å²) in [6.45, 7) is 0. The molecule has 0 N–H and O–H groups in total. The molecule has 0 unspecified atom stereocenters. The largest absolute Gasteiger partial charge is 0.503 e. The van der Waals surface area contributed by atoms with Crippen molar-refractivity contribution in [2.45, 2.75) is 0 Å². The van der Waals surface area contributed by atoms with E-state index in [9.17, 15) is 4.79 Å². The maximum atomic E-state index is 11.8. The quantitative estimate of drug-likeness (QED) is 0.482. The highest BCUT2D eigenvalue weighted by atomic mass is 32.1. The number of benzene rings is 1. The van der Waals surface area contributed by atoms with Gasteiger partial charge in [0.1, 0.15) is 5.57 Å². The fraction of sp³-hybridized carbons (Fsp3) is 0.125. The second-order valence-electron chi connectivity index (χ2n) is 4.07. The smallest absolute Gasteiger partial charge is 0.342 e. The summed E-state index contributed by atoms with van der Waals surface area (Å²) in [6, 6.07) is 9.88. The van der Waals surface area contributed by atoms with E-state index in [1.807, 2.05) is 42.5 Å². The molecule has 1 aromatic heterocycles. The summed E-state index contributed by atoms with van der Waals surface area (Å²) in [7, 11) is 2.83. The highest BCUT2D eigenvalue weighted by Crippen LogP contribution is 2.26. The number of methoxy groups -OCH3 is 2. The van der Waals surface area contributed by atoms with E-state index < -0.39 is 5.97 Å². The van der Waals surface area contributed by atoms with Gasteiger partial charge >= 0.3 is 5.97 Å². The van der Waals surface area contributed by atoms with Gasteiger partial charge in [-0.1, -0.05) is 36.4 Å². The molecule has 4 nitrogen and oxygen atoms in total. The SMILES string of the molecule is COC=C(C(=O)OC)c1scnc1/C=C/c1ccccc1. The molecule has 1 heterocycles. The lowest BCUT2D eigenvalue weighted by atomic mass is 10.1. The third-order valence-electron chi connectivity index (χ3n) is 2.71. The summed E-state index contributed by atoms with van der Waals surface area (Å²) in [5.41, 5.74) is 3.81. The molecule has 108 valence electrons. The van der Waals surface area contributed by atoms with Crippen molar-refractivity contribution >= 4 is 35.0 Å². The molecule has 0 aliphatic heterocycles. The van der Waals surface area contributed by atoms with Crippen LogP contribution in [-0.4, -0.2) is 25.2 Å². The van der Waals surface area contributed by atoms with Crippen LogP contribution in [0.4, 0.5) is 0 Å². The minimum absolute atomic E-state index is 0.357. The number of carbonyl (C=O) groups is 1. The maximum Gasteiger partial charge on any atom is 0.342 e. The van der Waals surface area contributed by atoms with Gasteiger partial charge in [0.05, 0.1) is 36.6 Å². The van der Waals surface area contributed by atoms with Crippen LogP contribution in [0.5, 0.6) is 0 Å². The summed E-state index contributed by atoms with van der Waals surface area (Å²) in [6.07, 6.45) is 5.19. The minimum atomic E-state index is -0.449. The highest BCUT2D eigenvalue weighted by Gasteiger charge is 2.18. The van der Waals surface area contributed by atoms with E-state index in [2.05, 4.69) is 4.98 Å². The van der Waals surface area contributed by atoms with Gasteiger partial charge in [0, 0.05) is 0 Å². The minimum Gasteiger partial charge on any atom is -0.503 e. The van der Waals surface area contributed by atoms with E-state index >= 15 is 0 Å². The zero-order valence-corrected chi connectivity index (χ0v) is 12.6. The fourth-order valence-corrected chi connectivity index (χ4v) is 2.51. The van der Waals surface area contributed by atoms with Crippen LogP contribution < -0.4 is 0 Å². The van der Waals surface area contributed by atoms with Crippen LogP contribution in [0.15, 0.2) is 42.1 Å². The number of carbonyl (C=O) groups excluding carboxylic acids is 1. The molecule has 0 amide bonds. The van der Waals surface area contributed by atoms with E-state index in [1.165, 1.54) is 31.8 Å². The number of hydrogen-bond donors (Lipinski definition) is 0. The van der Waals surface area contributed by atoms with Crippen molar-refractivity contribution in [3.63, 3.8) is 0 Å². The van der Waals surface area contributed by atoms with E-state index in [-0.39, 0.29) is 0 Å². The Morgan fingerprint density at radius 1 is 1.19 bits per heavy atom.